The summed E-state index contributed by atoms with van der Waals surface area (Å²) in [6, 6.07) is -0.548. The quantitative estimate of drug-likeness (QED) is 0.0323. The van der Waals surface area contributed by atoms with Crippen molar-refractivity contribution >= 4 is 11.9 Å². The molecule has 0 aromatic heterocycles. The number of aliphatic hydroxyl groups is 2. The second-order valence-corrected chi connectivity index (χ2v) is 17.9. The fraction of sp³-hybridized carbons (Fsp3) is 0.923. The maximum atomic E-state index is 12.4. The van der Waals surface area contributed by atoms with Crippen molar-refractivity contribution in [3.05, 3.63) is 12.2 Å². The molecule has 1 amide bonds. The lowest BCUT2D eigenvalue weighted by Gasteiger charge is -2.22. The first-order valence-corrected chi connectivity index (χ1v) is 25.9. The number of aliphatic hydroxyl groups excluding tert-OH is 2. The second-order valence-electron chi connectivity index (χ2n) is 17.9. The standard InChI is InChI=1S/C52H101NO5/c1-3-5-7-9-11-13-14-15-16-17-18-19-20-23-26-30-34-38-42-46-52(57)58-47-43-39-35-31-27-24-21-22-25-29-33-37-41-45-51(56)53-49(48-54)50(55)44-40-36-32-28-12-10-8-6-4-2/h15-16,49-50,54-55H,3-14,17-48H2,1-2H3,(H,53,56)/b16-15-. The molecule has 0 spiro atoms. The summed E-state index contributed by atoms with van der Waals surface area (Å²) in [5, 5.41) is 23.1. The molecule has 6 nitrogen and oxygen atoms in total. The number of nitrogens with one attached hydrogen (secondary N) is 1. The van der Waals surface area contributed by atoms with Gasteiger partial charge in [0, 0.05) is 12.8 Å². The highest BCUT2D eigenvalue weighted by atomic mass is 16.5. The molecular weight excluding hydrogens is 719 g/mol. The molecule has 2 atom stereocenters. The largest absolute Gasteiger partial charge is 0.466 e. The Morgan fingerprint density at radius 1 is 0.466 bits per heavy atom. The Balaban J connectivity index is 3.39. The van der Waals surface area contributed by atoms with Crippen LogP contribution in [0.4, 0.5) is 0 Å². The molecule has 0 saturated heterocycles. The average Bonchev–Trinajstić information content (AvgIpc) is 3.22. The van der Waals surface area contributed by atoms with Crippen LogP contribution in [-0.4, -0.2) is 47.4 Å². The van der Waals surface area contributed by atoms with Gasteiger partial charge < -0.3 is 20.3 Å². The highest BCUT2D eigenvalue weighted by Crippen LogP contribution is 2.16. The molecule has 0 fully saturated rings. The van der Waals surface area contributed by atoms with E-state index in [1.807, 2.05) is 0 Å². The van der Waals surface area contributed by atoms with Crippen molar-refractivity contribution < 1.29 is 24.5 Å². The number of hydrogen-bond donors (Lipinski definition) is 3. The summed E-state index contributed by atoms with van der Waals surface area (Å²) < 4.78 is 5.47. The highest BCUT2D eigenvalue weighted by Gasteiger charge is 2.20. The van der Waals surface area contributed by atoms with Crippen molar-refractivity contribution in [2.24, 2.45) is 0 Å². The molecule has 2 unspecified atom stereocenters. The third-order valence-corrected chi connectivity index (χ3v) is 12.1. The van der Waals surface area contributed by atoms with Crippen LogP contribution in [0.5, 0.6) is 0 Å². The molecule has 0 rings (SSSR count). The van der Waals surface area contributed by atoms with E-state index in [2.05, 4.69) is 31.3 Å². The van der Waals surface area contributed by atoms with E-state index in [4.69, 9.17) is 4.74 Å². The Labute approximate surface area is 361 Å². The molecule has 0 saturated carbocycles. The topological polar surface area (TPSA) is 95.9 Å². The number of unbranched alkanes of at least 4 members (excludes halogenated alkanes) is 35. The minimum Gasteiger partial charge on any atom is -0.466 e. The minimum absolute atomic E-state index is 0.00605. The Morgan fingerprint density at radius 2 is 0.810 bits per heavy atom. The van der Waals surface area contributed by atoms with Crippen LogP contribution in [0.1, 0.15) is 284 Å². The molecule has 6 heteroatoms. The van der Waals surface area contributed by atoms with Gasteiger partial charge in [-0.05, 0) is 51.4 Å². The SMILES string of the molecule is CCCCCCCC/C=C\CCCCCCCCCCCC(=O)OCCCCCCCCCCCCCCCC(=O)NC(CO)C(O)CCCCCCCCCCC. The third kappa shape index (κ3) is 44.2. The normalized spacial score (nSPS) is 12.7. The summed E-state index contributed by atoms with van der Waals surface area (Å²) in [5.74, 6) is -0.0559. The van der Waals surface area contributed by atoms with Crippen LogP contribution in [-0.2, 0) is 14.3 Å². The van der Waals surface area contributed by atoms with Crippen molar-refractivity contribution in [3.63, 3.8) is 0 Å². The van der Waals surface area contributed by atoms with Crippen molar-refractivity contribution in [2.45, 2.75) is 296 Å². The maximum Gasteiger partial charge on any atom is 0.305 e. The summed E-state index contributed by atoms with van der Waals surface area (Å²) in [6.45, 7) is 4.90. The molecule has 0 aliphatic heterocycles. The lowest BCUT2D eigenvalue weighted by atomic mass is 10.0. The number of rotatable bonds is 48. The average molecular weight is 820 g/mol. The number of hydrogen-bond acceptors (Lipinski definition) is 5. The molecule has 0 aromatic carbocycles. The van der Waals surface area contributed by atoms with Gasteiger partial charge in [0.05, 0.1) is 25.4 Å². The zero-order chi connectivity index (χ0) is 42.3. The second kappa shape index (κ2) is 48.3. The van der Waals surface area contributed by atoms with Gasteiger partial charge in [-0.1, -0.05) is 231 Å². The molecule has 0 radical (unpaired) electrons. The summed E-state index contributed by atoms with van der Waals surface area (Å²) >= 11 is 0. The van der Waals surface area contributed by atoms with Crippen LogP contribution >= 0.6 is 0 Å². The number of amides is 1. The van der Waals surface area contributed by atoms with E-state index < -0.39 is 12.1 Å². The van der Waals surface area contributed by atoms with Crippen LogP contribution in [0.25, 0.3) is 0 Å². The van der Waals surface area contributed by atoms with E-state index in [1.165, 1.54) is 199 Å². The first kappa shape index (κ1) is 56.6. The molecular formula is C52H101NO5. The van der Waals surface area contributed by atoms with E-state index >= 15 is 0 Å². The molecule has 3 N–H and O–H groups in total. The van der Waals surface area contributed by atoms with Crippen LogP contribution < -0.4 is 5.32 Å². The fourth-order valence-electron chi connectivity index (χ4n) is 8.05. The van der Waals surface area contributed by atoms with E-state index in [-0.39, 0.29) is 18.5 Å². The fourth-order valence-corrected chi connectivity index (χ4v) is 8.05. The third-order valence-electron chi connectivity index (χ3n) is 12.1. The Bertz CT molecular complexity index is 863. The number of carbonyl (C=O) groups excluding carboxylic acids is 2. The van der Waals surface area contributed by atoms with Gasteiger partial charge in [0.15, 0.2) is 0 Å². The molecule has 0 heterocycles. The van der Waals surface area contributed by atoms with Crippen molar-refractivity contribution in [3.8, 4) is 0 Å². The van der Waals surface area contributed by atoms with Gasteiger partial charge >= 0.3 is 5.97 Å². The molecule has 0 aliphatic rings. The summed E-state index contributed by atoms with van der Waals surface area (Å²) in [6.07, 6.45) is 54.7. The molecule has 58 heavy (non-hydrogen) atoms. The van der Waals surface area contributed by atoms with Crippen molar-refractivity contribution in [1.29, 1.82) is 0 Å². The lowest BCUT2D eigenvalue weighted by molar-refractivity contribution is -0.143. The van der Waals surface area contributed by atoms with Gasteiger partial charge in [0.2, 0.25) is 5.91 Å². The van der Waals surface area contributed by atoms with E-state index in [0.29, 0.717) is 25.9 Å². The monoisotopic (exact) mass is 820 g/mol. The zero-order valence-corrected chi connectivity index (χ0v) is 39.0. The Kier molecular flexibility index (Phi) is 47.1. The summed E-state index contributed by atoms with van der Waals surface area (Å²) in [4.78, 5) is 24.4. The first-order chi connectivity index (χ1) is 28.5. The van der Waals surface area contributed by atoms with Crippen LogP contribution in [0.3, 0.4) is 0 Å². The predicted octanol–water partition coefficient (Wildman–Crippen LogP) is 15.3. The summed E-state index contributed by atoms with van der Waals surface area (Å²) in [5.41, 5.74) is 0. The number of carbonyl (C=O) groups is 2. The van der Waals surface area contributed by atoms with E-state index in [0.717, 1.165) is 51.4 Å². The van der Waals surface area contributed by atoms with Crippen molar-refractivity contribution in [1.82, 2.24) is 5.32 Å². The molecule has 344 valence electrons. The maximum absolute atomic E-state index is 12.4. The van der Waals surface area contributed by atoms with E-state index in [1.54, 1.807) is 0 Å². The zero-order valence-electron chi connectivity index (χ0n) is 39.0. The Hall–Kier alpha value is -1.40. The van der Waals surface area contributed by atoms with Gasteiger partial charge in [-0.15, -0.1) is 0 Å². The van der Waals surface area contributed by atoms with Gasteiger partial charge in [0.25, 0.3) is 0 Å². The summed E-state index contributed by atoms with van der Waals surface area (Å²) in [7, 11) is 0. The van der Waals surface area contributed by atoms with Crippen LogP contribution in [0, 0.1) is 0 Å². The highest BCUT2D eigenvalue weighted by molar-refractivity contribution is 5.76. The van der Waals surface area contributed by atoms with Gasteiger partial charge in [-0.3, -0.25) is 9.59 Å². The van der Waals surface area contributed by atoms with Gasteiger partial charge in [0.1, 0.15) is 0 Å². The van der Waals surface area contributed by atoms with E-state index in [9.17, 15) is 19.8 Å². The van der Waals surface area contributed by atoms with Crippen LogP contribution in [0.15, 0.2) is 12.2 Å². The lowest BCUT2D eigenvalue weighted by Crippen LogP contribution is -2.45. The number of allylic oxidation sites excluding steroid dienone is 2. The molecule has 0 bridgehead atoms. The molecule has 0 aliphatic carbocycles. The van der Waals surface area contributed by atoms with Crippen LogP contribution in [0.2, 0.25) is 0 Å². The number of ether oxygens (including phenoxy) is 1. The Morgan fingerprint density at radius 3 is 1.22 bits per heavy atom. The minimum atomic E-state index is -0.670. The molecule has 0 aromatic rings. The predicted molar refractivity (Wildman–Crippen MR) is 250 cm³/mol. The van der Waals surface area contributed by atoms with Crippen molar-refractivity contribution in [2.75, 3.05) is 13.2 Å². The smallest absolute Gasteiger partial charge is 0.305 e. The van der Waals surface area contributed by atoms with Gasteiger partial charge in [-0.25, -0.2) is 0 Å². The number of esters is 1. The first-order valence-electron chi connectivity index (χ1n) is 25.9. The van der Waals surface area contributed by atoms with Gasteiger partial charge in [-0.2, -0.15) is 0 Å².